The van der Waals surface area contributed by atoms with E-state index >= 15 is 0 Å². The summed E-state index contributed by atoms with van der Waals surface area (Å²) in [4.78, 5) is 9.69. The minimum atomic E-state index is 0.0185. The van der Waals surface area contributed by atoms with Crippen molar-refractivity contribution < 1.29 is 4.79 Å². The molecule has 0 heterocycles. The molecule has 1 nitrogen and oxygen atoms in total. The summed E-state index contributed by atoms with van der Waals surface area (Å²) in [6.45, 7) is 11.7. The molecule has 0 unspecified atom stereocenters. The highest BCUT2D eigenvalue weighted by molar-refractivity contribution is 5.86. The van der Waals surface area contributed by atoms with Crippen LogP contribution in [0.1, 0.15) is 6.92 Å². The van der Waals surface area contributed by atoms with Crippen LogP contribution in [0.15, 0.2) is 19.2 Å². The van der Waals surface area contributed by atoms with Crippen molar-refractivity contribution in [2.75, 3.05) is 0 Å². The molecule has 0 aliphatic carbocycles. The summed E-state index contributed by atoms with van der Waals surface area (Å²) in [5.41, 5.74) is 0. The van der Waals surface area contributed by atoms with Gasteiger partial charge in [-0.05, 0) is 13.0 Å². The standard InChI is InChI=1S/C4H6O.C2H3/c1-3-4(2)5;1-2/h3H,1H2,2H3;1H,2H2/q;+1. The Bertz CT molecular complexity index is 64.6. The molecule has 0 rings (SSSR count). The third-order valence-corrected chi connectivity index (χ3v) is 0.287. The Balaban J connectivity index is 0. The Morgan fingerprint density at radius 2 is 1.86 bits per heavy atom. The predicted octanol–water partition coefficient (Wildman–Crippen LogP) is 1.37. The van der Waals surface area contributed by atoms with Gasteiger partial charge in [-0.1, -0.05) is 6.58 Å². The number of allylic oxidation sites excluding steroid dienone is 1. The van der Waals surface area contributed by atoms with Gasteiger partial charge in [-0.3, -0.25) is 4.79 Å². The highest BCUT2D eigenvalue weighted by Gasteiger charge is 1.69. The molecule has 0 aliphatic rings. The number of hydrogen-bond acceptors (Lipinski definition) is 1. The zero-order valence-electron chi connectivity index (χ0n) is 4.48. The third-order valence-electron chi connectivity index (χ3n) is 0.287. The Morgan fingerprint density at radius 3 is 1.86 bits per heavy atom. The first-order chi connectivity index (χ1) is 3.27. The smallest absolute Gasteiger partial charge is 0.198 e. The summed E-state index contributed by atoms with van der Waals surface area (Å²) in [5, 5.41) is 0. The molecule has 0 atom stereocenters. The fraction of sp³-hybridized carbons (Fsp3) is 0.167. The summed E-state index contributed by atoms with van der Waals surface area (Å²) in [5.74, 6) is 0.0185. The molecule has 0 bridgehead atoms. The first kappa shape index (κ1) is 9.41. The molecule has 7 heavy (non-hydrogen) atoms. The number of ketones is 1. The molecular formula is C6H9O+. The SMILES string of the molecule is C=CC(C)=O.[CH+]=C. The lowest BCUT2D eigenvalue weighted by Gasteiger charge is -1.62. The van der Waals surface area contributed by atoms with Crippen LogP contribution in [-0.2, 0) is 4.79 Å². The van der Waals surface area contributed by atoms with Crippen LogP contribution in [0.2, 0.25) is 0 Å². The zero-order chi connectivity index (χ0) is 6.28. The van der Waals surface area contributed by atoms with E-state index in [9.17, 15) is 4.79 Å². The van der Waals surface area contributed by atoms with E-state index in [0.717, 1.165) is 0 Å². The van der Waals surface area contributed by atoms with Gasteiger partial charge >= 0.3 is 0 Å². The van der Waals surface area contributed by atoms with E-state index in [1.54, 1.807) is 0 Å². The first-order valence-electron chi connectivity index (χ1n) is 1.81. The maximum Gasteiger partial charge on any atom is 0.198 e. The van der Waals surface area contributed by atoms with Crippen molar-refractivity contribution >= 4 is 5.78 Å². The molecular weight excluding hydrogens is 88.1 g/mol. The van der Waals surface area contributed by atoms with Crippen LogP contribution in [0.25, 0.3) is 0 Å². The fourth-order valence-corrected chi connectivity index (χ4v) is 0. The fourth-order valence-electron chi connectivity index (χ4n) is 0. The van der Waals surface area contributed by atoms with E-state index in [1.807, 2.05) is 0 Å². The third kappa shape index (κ3) is 42.2. The van der Waals surface area contributed by atoms with Crippen LogP contribution in [-0.4, -0.2) is 5.78 Å². The Labute approximate surface area is 44.4 Å². The Morgan fingerprint density at radius 1 is 1.71 bits per heavy atom. The molecule has 0 saturated heterocycles. The van der Waals surface area contributed by atoms with E-state index < -0.39 is 0 Å². The Hall–Kier alpha value is -0.940. The number of carbonyl (C=O) groups excluding carboxylic acids is 1. The monoisotopic (exact) mass is 97.1 g/mol. The molecule has 0 radical (unpaired) electrons. The lowest BCUT2D eigenvalue weighted by atomic mass is 10.5. The molecule has 0 aromatic rings. The average molecular weight is 97.1 g/mol. The van der Waals surface area contributed by atoms with Crippen molar-refractivity contribution in [1.82, 2.24) is 0 Å². The second-order valence-corrected chi connectivity index (χ2v) is 0.815. The van der Waals surface area contributed by atoms with Crippen molar-refractivity contribution in [2.24, 2.45) is 0 Å². The van der Waals surface area contributed by atoms with Crippen molar-refractivity contribution in [3.8, 4) is 0 Å². The molecule has 0 spiro atoms. The minimum absolute atomic E-state index is 0.0185. The molecule has 0 amide bonds. The van der Waals surface area contributed by atoms with Gasteiger partial charge in [0.15, 0.2) is 12.4 Å². The van der Waals surface area contributed by atoms with Crippen LogP contribution in [0, 0.1) is 6.58 Å². The van der Waals surface area contributed by atoms with Gasteiger partial charge in [0.05, 0.1) is 0 Å². The topological polar surface area (TPSA) is 17.1 Å². The highest BCUT2D eigenvalue weighted by Crippen LogP contribution is 1.60. The number of carbonyl (C=O) groups is 1. The van der Waals surface area contributed by atoms with E-state index in [2.05, 4.69) is 19.7 Å². The summed E-state index contributed by atoms with van der Waals surface area (Å²) in [7, 11) is 0. The maximum atomic E-state index is 9.69. The molecule has 0 saturated carbocycles. The summed E-state index contributed by atoms with van der Waals surface area (Å²) in [6, 6.07) is 0. The van der Waals surface area contributed by atoms with Gasteiger partial charge < -0.3 is 0 Å². The molecule has 0 fully saturated rings. The van der Waals surface area contributed by atoms with E-state index in [-0.39, 0.29) is 5.78 Å². The molecule has 0 aliphatic heterocycles. The van der Waals surface area contributed by atoms with Crippen LogP contribution in [0.4, 0.5) is 0 Å². The zero-order valence-corrected chi connectivity index (χ0v) is 4.48. The van der Waals surface area contributed by atoms with Crippen molar-refractivity contribution in [2.45, 2.75) is 6.92 Å². The van der Waals surface area contributed by atoms with Crippen molar-refractivity contribution in [3.63, 3.8) is 0 Å². The van der Waals surface area contributed by atoms with Crippen molar-refractivity contribution in [1.29, 1.82) is 0 Å². The number of hydrogen-bond donors (Lipinski definition) is 0. The van der Waals surface area contributed by atoms with Crippen LogP contribution in [0.5, 0.6) is 0 Å². The van der Waals surface area contributed by atoms with Crippen LogP contribution < -0.4 is 0 Å². The lowest BCUT2D eigenvalue weighted by molar-refractivity contribution is -0.112. The summed E-state index contributed by atoms with van der Waals surface area (Å²) < 4.78 is 0. The number of rotatable bonds is 1. The van der Waals surface area contributed by atoms with Crippen molar-refractivity contribution in [3.05, 3.63) is 25.8 Å². The highest BCUT2D eigenvalue weighted by atomic mass is 16.1. The Kier molecular flexibility index (Phi) is 12.0. The second kappa shape index (κ2) is 8.91. The lowest BCUT2D eigenvalue weighted by Crippen LogP contribution is -1.74. The largest absolute Gasteiger partial charge is 0.295 e. The normalized spacial score (nSPS) is 5.14. The molecule has 38 valence electrons. The quantitative estimate of drug-likeness (QED) is 0.356. The first-order valence-corrected chi connectivity index (χ1v) is 1.81. The molecule has 1 heteroatoms. The van der Waals surface area contributed by atoms with Gasteiger partial charge in [0.25, 0.3) is 0 Å². The van der Waals surface area contributed by atoms with Gasteiger partial charge in [-0.15, -0.1) is 0 Å². The van der Waals surface area contributed by atoms with Gasteiger partial charge in [0.2, 0.25) is 0 Å². The van der Waals surface area contributed by atoms with Crippen LogP contribution >= 0.6 is 0 Å². The maximum absolute atomic E-state index is 9.69. The molecule has 0 aromatic heterocycles. The average Bonchev–Trinajstić information content (AvgIpc) is 1.73. The minimum Gasteiger partial charge on any atom is -0.295 e. The van der Waals surface area contributed by atoms with E-state index in [0.29, 0.717) is 0 Å². The van der Waals surface area contributed by atoms with Gasteiger partial charge in [0.1, 0.15) is 6.58 Å². The second-order valence-electron chi connectivity index (χ2n) is 0.815. The summed E-state index contributed by atoms with van der Waals surface area (Å²) in [6.07, 6.45) is 1.28. The van der Waals surface area contributed by atoms with E-state index in [4.69, 9.17) is 0 Å². The van der Waals surface area contributed by atoms with Gasteiger partial charge in [0, 0.05) is 0 Å². The van der Waals surface area contributed by atoms with Gasteiger partial charge in [-0.25, -0.2) is 0 Å². The van der Waals surface area contributed by atoms with Gasteiger partial charge in [-0.2, -0.15) is 0 Å². The molecule has 0 N–H and O–H groups in total. The predicted molar refractivity (Wildman–Crippen MR) is 30.8 cm³/mol. The van der Waals surface area contributed by atoms with E-state index in [1.165, 1.54) is 13.0 Å². The summed E-state index contributed by atoms with van der Waals surface area (Å²) >= 11 is 0. The van der Waals surface area contributed by atoms with Crippen LogP contribution in [0.3, 0.4) is 0 Å². The molecule has 0 aromatic carbocycles.